The molecule has 0 aliphatic heterocycles. The van der Waals surface area contributed by atoms with Crippen LogP contribution in [0.15, 0.2) is 18.2 Å². The summed E-state index contributed by atoms with van der Waals surface area (Å²) >= 11 is 10.4. The summed E-state index contributed by atoms with van der Waals surface area (Å²) in [6.45, 7) is 0.443. The van der Waals surface area contributed by atoms with Crippen molar-refractivity contribution in [3.8, 4) is 17.9 Å². The average molecular weight is 451 g/mol. The molecule has 0 saturated carbocycles. The Morgan fingerprint density at radius 1 is 1.05 bits per heavy atom. The summed E-state index contributed by atoms with van der Waals surface area (Å²) in [5.74, 6) is 0.453. The Balaban J connectivity index is 2.96. The maximum atomic E-state index is 9.12. The summed E-state index contributed by atoms with van der Waals surface area (Å²) in [6.07, 6.45) is 0. The van der Waals surface area contributed by atoms with Crippen LogP contribution >= 0.6 is 47.8 Å². The van der Waals surface area contributed by atoms with Gasteiger partial charge < -0.3 is 4.74 Å². The lowest BCUT2D eigenvalue weighted by molar-refractivity contribution is 0.212. The van der Waals surface area contributed by atoms with Crippen LogP contribution in [-0.4, -0.2) is 22.6 Å². The number of hydrogen-bond donors (Lipinski definition) is 0. The number of benzene rings is 1. The minimum Gasteiger partial charge on any atom is -0.491 e. The van der Waals surface area contributed by atoms with E-state index in [1.807, 2.05) is 12.1 Å². The number of halogens is 3. The van der Waals surface area contributed by atoms with Crippen LogP contribution in [0.2, 0.25) is 0 Å². The third-order valence-corrected chi connectivity index (χ3v) is 6.21. The SMILES string of the molecule is N#Cc1cccc(OCC(CBr)(CBr)CBr)c1C#N. The van der Waals surface area contributed by atoms with Gasteiger partial charge in [0.1, 0.15) is 23.5 Å². The monoisotopic (exact) mass is 448 g/mol. The molecule has 0 bridgehead atoms. The number of nitriles is 2. The van der Waals surface area contributed by atoms with E-state index >= 15 is 0 Å². The van der Waals surface area contributed by atoms with Crippen molar-refractivity contribution in [3.63, 3.8) is 0 Å². The van der Waals surface area contributed by atoms with Gasteiger partial charge in [0.05, 0.1) is 12.2 Å². The van der Waals surface area contributed by atoms with Gasteiger partial charge in [0, 0.05) is 21.4 Å². The molecule has 1 rings (SSSR count). The highest BCUT2D eigenvalue weighted by atomic mass is 79.9. The van der Waals surface area contributed by atoms with Crippen molar-refractivity contribution in [2.45, 2.75) is 0 Å². The van der Waals surface area contributed by atoms with Crippen molar-refractivity contribution in [3.05, 3.63) is 29.3 Å². The maximum absolute atomic E-state index is 9.12. The third-order valence-electron chi connectivity index (χ3n) is 2.64. The first-order valence-electron chi connectivity index (χ1n) is 5.40. The van der Waals surface area contributed by atoms with E-state index in [0.29, 0.717) is 17.9 Å². The van der Waals surface area contributed by atoms with Gasteiger partial charge in [-0.3, -0.25) is 0 Å². The topological polar surface area (TPSA) is 56.8 Å². The molecule has 0 unspecified atom stereocenters. The largest absolute Gasteiger partial charge is 0.491 e. The molecule has 0 aromatic heterocycles. The Hall–Kier alpha value is -0.560. The van der Waals surface area contributed by atoms with E-state index in [9.17, 15) is 0 Å². The van der Waals surface area contributed by atoms with E-state index in [4.69, 9.17) is 15.3 Å². The van der Waals surface area contributed by atoms with Crippen LogP contribution in [0.5, 0.6) is 5.75 Å². The summed E-state index contributed by atoms with van der Waals surface area (Å²) in [7, 11) is 0. The van der Waals surface area contributed by atoms with Crippen molar-refractivity contribution < 1.29 is 4.74 Å². The Labute approximate surface area is 137 Å². The van der Waals surface area contributed by atoms with Crippen LogP contribution in [0.3, 0.4) is 0 Å². The summed E-state index contributed by atoms with van der Waals surface area (Å²) in [4.78, 5) is 0. The van der Waals surface area contributed by atoms with Gasteiger partial charge in [-0.15, -0.1) is 0 Å². The van der Waals surface area contributed by atoms with Crippen LogP contribution in [-0.2, 0) is 0 Å². The van der Waals surface area contributed by atoms with Gasteiger partial charge >= 0.3 is 0 Å². The molecule has 0 spiro atoms. The smallest absolute Gasteiger partial charge is 0.138 e. The zero-order valence-electron chi connectivity index (χ0n) is 10.00. The van der Waals surface area contributed by atoms with Crippen molar-refractivity contribution in [1.29, 1.82) is 10.5 Å². The molecule has 0 amide bonds. The molecule has 1 aromatic rings. The molecular weight excluding hydrogens is 440 g/mol. The number of ether oxygens (including phenoxy) is 1. The normalized spacial score (nSPS) is 10.6. The number of hydrogen-bond acceptors (Lipinski definition) is 3. The molecule has 0 aliphatic rings. The van der Waals surface area contributed by atoms with Gasteiger partial charge in [0.15, 0.2) is 0 Å². The standard InChI is InChI=1S/C13H11Br3N2O/c14-6-13(7-15,8-16)9-19-12-3-1-2-10(4-17)11(12)5-18/h1-3H,6-9H2. The lowest BCUT2D eigenvalue weighted by Crippen LogP contribution is -2.34. The second kappa shape index (κ2) is 7.89. The minimum atomic E-state index is -0.102. The predicted octanol–water partition coefficient (Wildman–Crippen LogP) is 3.98. The molecule has 1 aromatic carbocycles. The Kier molecular flexibility index (Phi) is 6.85. The van der Waals surface area contributed by atoms with Crippen molar-refractivity contribution in [2.24, 2.45) is 5.41 Å². The fraction of sp³-hybridized carbons (Fsp3) is 0.385. The van der Waals surface area contributed by atoms with E-state index in [-0.39, 0.29) is 11.0 Å². The Morgan fingerprint density at radius 2 is 1.68 bits per heavy atom. The quantitative estimate of drug-likeness (QED) is 0.616. The number of rotatable bonds is 6. The molecule has 19 heavy (non-hydrogen) atoms. The zero-order chi connectivity index (χ0) is 14.3. The average Bonchev–Trinajstić information content (AvgIpc) is 2.48. The number of alkyl halides is 3. The predicted molar refractivity (Wildman–Crippen MR) is 85.2 cm³/mol. The molecule has 100 valence electrons. The Morgan fingerprint density at radius 3 is 2.16 bits per heavy atom. The van der Waals surface area contributed by atoms with Gasteiger partial charge in [-0.05, 0) is 12.1 Å². The van der Waals surface area contributed by atoms with Crippen LogP contribution in [0, 0.1) is 28.1 Å². The maximum Gasteiger partial charge on any atom is 0.138 e. The first-order chi connectivity index (χ1) is 9.16. The molecule has 0 atom stereocenters. The molecular formula is C13H11Br3N2O. The lowest BCUT2D eigenvalue weighted by atomic mass is 9.98. The van der Waals surface area contributed by atoms with Gasteiger partial charge in [-0.1, -0.05) is 53.9 Å². The second-order valence-corrected chi connectivity index (χ2v) is 5.77. The molecule has 0 N–H and O–H groups in total. The van der Waals surface area contributed by atoms with Crippen LogP contribution in [0.1, 0.15) is 11.1 Å². The Bertz CT molecular complexity index is 507. The van der Waals surface area contributed by atoms with Gasteiger partial charge in [0.2, 0.25) is 0 Å². The highest BCUT2D eigenvalue weighted by Gasteiger charge is 2.28. The minimum absolute atomic E-state index is 0.102. The highest BCUT2D eigenvalue weighted by molar-refractivity contribution is 9.10. The van der Waals surface area contributed by atoms with Gasteiger partial charge in [-0.25, -0.2) is 0 Å². The molecule has 0 saturated heterocycles. The van der Waals surface area contributed by atoms with Crippen LogP contribution in [0.4, 0.5) is 0 Å². The molecule has 0 aliphatic carbocycles. The van der Waals surface area contributed by atoms with Crippen molar-refractivity contribution >= 4 is 47.8 Å². The molecule has 0 fully saturated rings. The third kappa shape index (κ3) is 3.95. The summed E-state index contributed by atoms with van der Waals surface area (Å²) in [5, 5.41) is 20.4. The van der Waals surface area contributed by atoms with Crippen LogP contribution in [0.25, 0.3) is 0 Å². The summed E-state index contributed by atoms with van der Waals surface area (Å²) in [5.41, 5.74) is 0.523. The highest BCUT2D eigenvalue weighted by Crippen LogP contribution is 2.29. The van der Waals surface area contributed by atoms with Gasteiger partial charge in [0.25, 0.3) is 0 Å². The van der Waals surface area contributed by atoms with Crippen LogP contribution < -0.4 is 4.74 Å². The fourth-order valence-corrected chi connectivity index (χ4v) is 4.58. The van der Waals surface area contributed by atoms with E-state index < -0.39 is 0 Å². The van der Waals surface area contributed by atoms with Gasteiger partial charge in [-0.2, -0.15) is 10.5 Å². The second-order valence-electron chi connectivity index (χ2n) is 4.09. The summed E-state index contributed by atoms with van der Waals surface area (Å²) < 4.78 is 5.75. The lowest BCUT2D eigenvalue weighted by Gasteiger charge is -2.27. The molecule has 0 radical (unpaired) electrons. The van der Waals surface area contributed by atoms with E-state index in [0.717, 1.165) is 16.0 Å². The van der Waals surface area contributed by atoms with E-state index in [2.05, 4.69) is 47.8 Å². The molecule has 3 nitrogen and oxygen atoms in total. The first-order valence-corrected chi connectivity index (χ1v) is 8.76. The fourth-order valence-electron chi connectivity index (χ4n) is 1.31. The van der Waals surface area contributed by atoms with Crippen molar-refractivity contribution in [2.75, 3.05) is 22.6 Å². The van der Waals surface area contributed by atoms with E-state index in [1.54, 1.807) is 18.2 Å². The molecule has 6 heteroatoms. The van der Waals surface area contributed by atoms with E-state index in [1.165, 1.54) is 0 Å². The summed E-state index contributed by atoms with van der Waals surface area (Å²) in [6, 6.07) is 9.05. The molecule has 0 heterocycles. The zero-order valence-corrected chi connectivity index (χ0v) is 14.8. The first kappa shape index (κ1) is 16.5. The van der Waals surface area contributed by atoms with Crippen molar-refractivity contribution in [1.82, 2.24) is 0 Å². The number of nitrogens with zero attached hydrogens (tertiary/aromatic N) is 2.